The number of aryl methyl sites for hydroxylation is 1. The summed E-state index contributed by atoms with van der Waals surface area (Å²) in [4.78, 5) is 27.1. The standard InChI is InChI=1S/C22H21N3O6S/c1-3-19-23-22(25-24-19)32-18(21(28)29)11-13-7-8-16(17(10-13)30-2)31-12-14-5-4-6-15(9-14)20(26)27/h4-11H,3,12H2,1-2H3,(H,26,27)(H,28,29)(H,23,24,25)/b18-11-. The van der Waals surface area contributed by atoms with Crippen molar-refractivity contribution in [2.75, 3.05) is 7.11 Å². The van der Waals surface area contributed by atoms with Gasteiger partial charge in [-0.3, -0.25) is 5.10 Å². The molecule has 32 heavy (non-hydrogen) atoms. The first kappa shape index (κ1) is 22.9. The number of nitrogens with zero attached hydrogens (tertiary/aromatic N) is 2. The highest BCUT2D eigenvalue weighted by Crippen LogP contribution is 2.32. The molecule has 0 aliphatic carbocycles. The van der Waals surface area contributed by atoms with Crippen LogP contribution in [0.5, 0.6) is 11.5 Å². The molecule has 0 aliphatic rings. The molecule has 0 unspecified atom stereocenters. The van der Waals surface area contributed by atoms with Gasteiger partial charge in [-0.25, -0.2) is 14.6 Å². The molecule has 0 atom stereocenters. The molecule has 0 saturated carbocycles. The van der Waals surface area contributed by atoms with E-state index >= 15 is 0 Å². The molecule has 0 bridgehead atoms. The van der Waals surface area contributed by atoms with E-state index in [0.29, 0.717) is 40.0 Å². The van der Waals surface area contributed by atoms with E-state index < -0.39 is 11.9 Å². The highest BCUT2D eigenvalue weighted by Gasteiger charge is 2.14. The second-order valence-electron chi connectivity index (χ2n) is 6.54. The third-order valence-electron chi connectivity index (χ3n) is 4.31. The van der Waals surface area contributed by atoms with E-state index in [1.54, 1.807) is 30.3 Å². The average Bonchev–Trinajstić information content (AvgIpc) is 3.25. The van der Waals surface area contributed by atoms with Gasteiger partial charge in [-0.15, -0.1) is 5.10 Å². The number of rotatable bonds is 10. The molecule has 0 amide bonds. The van der Waals surface area contributed by atoms with E-state index in [1.807, 2.05) is 6.92 Å². The summed E-state index contributed by atoms with van der Waals surface area (Å²) in [5.41, 5.74) is 1.46. The number of aromatic nitrogens is 3. The SMILES string of the molecule is CCc1nc(S/C(=C\c2ccc(OCc3cccc(C(=O)O)c3)c(OC)c2)C(=O)O)n[nH]1. The molecule has 0 aliphatic heterocycles. The quantitative estimate of drug-likeness (QED) is 0.307. The van der Waals surface area contributed by atoms with Crippen LogP contribution in [0.15, 0.2) is 52.5 Å². The molecular formula is C22H21N3O6S. The van der Waals surface area contributed by atoms with E-state index in [2.05, 4.69) is 15.2 Å². The van der Waals surface area contributed by atoms with Crippen LogP contribution in [0.2, 0.25) is 0 Å². The molecule has 9 nitrogen and oxygen atoms in total. The van der Waals surface area contributed by atoms with Crippen LogP contribution in [0.1, 0.15) is 34.2 Å². The normalized spacial score (nSPS) is 11.2. The Balaban J connectivity index is 1.77. The minimum Gasteiger partial charge on any atom is -0.493 e. The topological polar surface area (TPSA) is 135 Å². The number of aromatic carboxylic acids is 1. The van der Waals surface area contributed by atoms with Gasteiger partial charge in [0.2, 0.25) is 5.16 Å². The minimum atomic E-state index is -1.10. The number of ether oxygens (including phenoxy) is 2. The number of carboxylic acid groups (broad SMARTS) is 2. The third kappa shape index (κ3) is 5.88. The van der Waals surface area contributed by atoms with Crippen LogP contribution in [-0.2, 0) is 17.8 Å². The van der Waals surface area contributed by atoms with Gasteiger partial charge in [0.15, 0.2) is 11.5 Å². The van der Waals surface area contributed by atoms with Gasteiger partial charge < -0.3 is 19.7 Å². The lowest BCUT2D eigenvalue weighted by Gasteiger charge is -2.12. The first-order valence-electron chi connectivity index (χ1n) is 9.56. The molecule has 0 spiro atoms. The summed E-state index contributed by atoms with van der Waals surface area (Å²) in [7, 11) is 1.48. The molecule has 10 heteroatoms. The van der Waals surface area contributed by atoms with Gasteiger partial charge in [0.25, 0.3) is 0 Å². The van der Waals surface area contributed by atoms with Crippen LogP contribution < -0.4 is 9.47 Å². The van der Waals surface area contributed by atoms with Crippen LogP contribution in [0.3, 0.4) is 0 Å². The minimum absolute atomic E-state index is 0.0489. The van der Waals surface area contributed by atoms with Crippen LogP contribution in [-0.4, -0.2) is 44.4 Å². The van der Waals surface area contributed by atoms with Gasteiger partial charge in [-0.1, -0.05) is 25.1 Å². The van der Waals surface area contributed by atoms with Crippen molar-refractivity contribution in [3.8, 4) is 11.5 Å². The van der Waals surface area contributed by atoms with Gasteiger partial charge >= 0.3 is 11.9 Å². The first-order chi connectivity index (χ1) is 15.4. The first-order valence-corrected chi connectivity index (χ1v) is 10.4. The Labute approximate surface area is 188 Å². The zero-order valence-electron chi connectivity index (χ0n) is 17.4. The summed E-state index contributed by atoms with van der Waals surface area (Å²) in [6.45, 7) is 2.06. The number of hydrogen-bond donors (Lipinski definition) is 3. The van der Waals surface area contributed by atoms with Gasteiger partial charge in [0, 0.05) is 6.42 Å². The number of carbonyl (C=O) groups is 2. The molecule has 3 N–H and O–H groups in total. The summed E-state index contributed by atoms with van der Waals surface area (Å²) in [5, 5.41) is 25.8. The number of benzene rings is 2. The van der Waals surface area contributed by atoms with Crippen molar-refractivity contribution in [2.45, 2.75) is 25.1 Å². The average molecular weight is 455 g/mol. The monoisotopic (exact) mass is 455 g/mol. The Kier molecular flexibility index (Phi) is 7.50. The maximum absolute atomic E-state index is 11.7. The number of hydrogen-bond acceptors (Lipinski definition) is 7. The maximum Gasteiger partial charge on any atom is 0.342 e. The van der Waals surface area contributed by atoms with Crippen molar-refractivity contribution in [1.82, 2.24) is 15.2 Å². The summed E-state index contributed by atoms with van der Waals surface area (Å²) in [6.07, 6.45) is 2.16. The van der Waals surface area contributed by atoms with E-state index in [4.69, 9.17) is 14.6 Å². The summed E-state index contributed by atoms with van der Waals surface area (Å²) in [5.74, 6) is -0.584. The van der Waals surface area contributed by atoms with Crippen molar-refractivity contribution >= 4 is 29.8 Å². The number of thioether (sulfide) groups is 1. The second-order valence-corrected chi connectivity index (χ2v) is 7.55. The predicted octanol–water partition coefficient (Wildman–Crippen LogP) is 3.87. The number of nitrogens with one attached hydrogen (secondary N) is 1. The third-order valence-corrected chi connectivity index (χ3v) is 5.19. The van der Waals surface area contributed by atoms with Crippen LogP contribution >= 0.6 is 11.8 Å². The van der Waals surface area contributed by atoms with Crippen molar-refractivity contribution in [1.29, 1.82) is 0 Å². The zero-order valence-corrected chi connectivity index (χ0v) is 18.2. The van der Waals surface area contributed by atoms with Crippen molar-refractivity contribution in [2.24, 2.45) is 0 Å². The Morgan fingerprint density at radius 2 is 1.97 bits per heavy atom. The molecule has 1 aromatic heterocycles. The summed E-state index contributed by atoms with van der Waals surface area (Å²) in [6, 6.07) is 11.5. The maximum atomic E-state index is 11.7. The number of aliphatic carboxylic acids is 1. The smallest absolute Gasteiger partial charge is 0.342 e. The number of carboxylic acids is 2. The molecule has 1 heterocycles. The van der Waals surface area contributed by atoms with E-state index in [9.17, 15) is 14.7 Å². The number of aromatic amines is 1. The molecule has 3 rings (SSSR count). The van der Waals surface area contributed by atoms with Crippen LogP contribution in [0, 0.1) is 0 Å². The summed E-state index contributed by atoms with van der Waals surface area (Å²) < 4.78 is 11.2. The van der Waals surface area contributed by atoms with Gasteiger partial charge in [-0.05, 0) is 53.2 Å². The Bertz CT molecular complexity index is 1160. The fourth-order valence-electron chi connectivity index (χ4n) is 2.71. The lowest BCUT2D eigenvalue weighted by molar-refractivity contribution is -0.131. The largest absolute Gasteiger partial charge is 0.493 e. The van der Waals surface area contributed by atoms with E-state index in [1.165, 1.54) is 25.3 Å². The van der Waals surface area contributed by atoms with E-state index in [-0.39, 0.29) is 17.1 Å². The number of H-pyrrole nitrogens is 1. The fraction of sp³-hybridized carbons (Fsp3) is 0.182. The fourth-order valence-corrected chi connectivity index (χ4v) is 3.44. The highest BCUT2D eigenvalue weighted by molar-refractivity contribution is 8.04. The molecule has 0 radical (unpaired) electrons. The van der Waals surface area contributed by atoms with Crippen molar-refractivity contribution in [3.63, 3.8) is 0 Å². The van der Waals surface area contributed by atoms with E-state index in [0.717, 1.165) is 11.8 Å². The van der Waals surface area contributed by atoms with Crippen LogP contribution in [0.4, 0.5) is 0 Å². The molecular weight excluding hydrogens is 434 g/mol. The van der Waals surface area contributed by atoms with Crippen molar-refractivity contribution < 1.29 is 29.3 Å². The van der Waals surface area contributed by atoms with Crippen molar-refractivity contribution in [3.05, 3.63) is 69.9 Å². The molecule has 166 valence electrons. The Morgan fingerprint density at radius 3 is 2.62 bits per heavy atom. The molecule has 2 aromatic carbocycles. The summed E-state index contributed by atoms with van der Waals surface area (Å²) >= 11 is 0.945. The Hall–Kier alpha value is -3.79. The molecule has 0 saturated heterocycles. The Morgan fingerprint density at radius 1 is 1.16 bits per heavy atom. The second kappa shape index (κ2) is 10.5. The number of methoxy groups -OCH3 is 1. The van der Waals surface area contributed by atoms with Gasteiger partial charge in [0.1, 0.15) is 17.3 Å². The molecule has 0 fully saturated rings. The lowest BCUT2D eigenvalue weighted by Crippen LogP contribution is -2.01. The molecule has 3 aromatic rings. The predicted molar refractivity (Wildman–Crippen MR) is 118 cm³/mol. The zero-order chi connectivity index (χ0) is 23.1. The highest BCUT2D eigenvalue weighted by atomic mass is 32.2. The lowest BCUT2D eigenvalue weighted by atomic mass is 10.1. The van der Waals surface area contributed by atoms with Gasteiger partial charge in [0.05, 0.1) is 12.7 Å². The van der Waals surface area contributed by atoms with Crippen LogP contribution in [0.25, 0.3) is 6.08 Å². The van der Waals surface area contributed by atoms with Gasteiger partial charge in [-0.2, -0.15) is 0 Å².